The summed E-state index contributed by atoms with van der Waals surface area (Å²) in [5, 5.41) is 3.20. The van der Waals surface area contributed by atoms with Gasteiger partial charge in [-0.3, -0.25) is 4.31 Å². The maximum atomic E-state index is 14.4. The second kappa shape index (κ2) is 9.25. The quantitative estimate of drug-likeness (QED) is 0.227. The van der Waals surface area contributed by atoms with Crippen molar-refractivity contribution in [2.24, 2.45) is 0 Å². The van der Waals surface area contributed by atoms with Gasteiger partial charge in [-0.1, -0.05) is 96.1 Å². The maximum Gasteiger partial charge on any atom is 0.264 e. The van der Waals surface area contributed by atoms with Crippen LogP contribution in [0.25, 0.3) is 44.7 Å². The molecule has 0 saturated carbocycles. The van der Waals surface area contributed by atoms with E-state index in [-0.39, 0.29) is 11.4 Å². The van der Waals surface area contributed by atoms with E-state index in [1.165, 1.54) is 5.56 Å². The Kier molecular flexibility index (Phi) is 5.65. The Morgan fingerprint density at radius 1 is 0.700 bits per heavy atom. The molecule has 0 spiro atoms. The summed E-state index contributed by atoms with van der Waals surface area (Å²) in [4.78, 5) is 0.281. The van der Waals surface area contributed by atoms with E-state index in [9.17, 15) is 8.42 Å². The van der Waals surface area contributed by atoms with Crippen LogP contribution in [-0.2, 0) is 10.0 Å². The summed E-state index contributed by atoms with van der Waals surface area (Å²) in [6.07, 6.45) is 2.11. The summed E-state index contributed by atoms with van der Waals surface area (Å²) < 4.78 is 32.7. The molecule has 0 saturated heterocycles. The first kappa shape index (κ1) is 24.4. The largest absolute Gasteiger partial charge is 0.311 e. The molecule has 0 atom stereocenters. The predicted molar refractivity (Wildman–Crippen MR) is 166 cm³/mol. The minimum Gasteiger partial charge on any atom is -0.311 e. The van der Waals surface area contributed by atoms with E-state index in [2.05, 4.69) is 72.2 Å². The summed E-state index contributed by atoms with van der Waals surface area (Å²) in [6.45, 7) is 4.21. The van der Waals surface area contributed by atoms with E-state index >= 15 is 0 Å². The lowest BCUT2D eigenvalue weighted by molar-refractivity contribution is 0.593. The third-order valence-electron chi connectivity index (χ3n) is 7.76. The van der Waals surface area contributed by atoms with Crippen molar-refractivity contribution in [3.63, 3.8) is 0 Å². The number of benzene rings is 5. The number of rotatable bonds is 3. The number of fused-ring (bicyclic) bond motifs is 7. The van der Waals surface area contributed by atoms with Crippen molar-refractivity contribution in [2.45, 2.75) is 18.7 Å². The van der Waals surface area contributed by atoms with Crippen LogP contribution in [0, 0.1) is 13.8 Å². The van der Waals surface area contributed by atoms with Crippen LogP contribution >= 0.6 is 0 Å². The molecule has 0 bridgehead atoms. The smallest absolute Gasteiger partial charge is 0.264 e. The second-order valence-electron chi connectivity index (χ2n) is 10.5. The van der Waals surface area contributed by atoms with Crippen molar-refractivity contribution in [1.29, 1.82) is 0 Å². The van der Waals surface area contributed by atoms with Crippen molar-refractivity contribution in [3.05, 3.63) is 132 Å². The molecule has 0 aliphatic carbocycles. The Hall–Kier alpha value is -4.61. The van der Waals surface area contributed by atoms with E-state index in [4.69, 9.17) is 0 Å². The number of anilines is 1. The highest BCUT2D eigenvalue weighted by molar-refractivity contribution is 7.92. The van der Waals surface area contributed by atoms with Crippen LogP contribution < -0.4 is 4.31 Å². The summed E-state index contributed by atoms with van der Waals surface area (Å²) in [5.74, 6) is 0. The zero-order valence-corrected chi connectivity index (χ0v) is 23.2. The van der Waals surface area contributed by atoms with E-state index in [1.807, 2.05) is 55.5 Å². The van der Waals surface area contributed by atoms with Crippen LogP contribution in [0.5, 0.6) is 0 Å². The molecule has 4 nitrogen and oxygen atoms in total. The van der Waals surface area contributed by atoms with Gasteiger partial charge in [0.25, 0.3) is 10.0 Å². The fraction of sp³-hybridized carbons (Fsp3) is 0.0857. The molecule has 0 fully saturated rings. The lowest BCUT2D eigenvalue weighted by atomic mass is 10.00. The first-order chi connectivity index (χ1) is 19.4. The molecule has 40 heavy (non-hydrogen) atoms. The summed E-state index contributed by atoms with van der Waals surface area (Å²) >= 11 is 0. The van der Waals surface area contributed by atoms with E-state index in [0.717, 1.165) is 49.8 Å². The topological polar surface area (TPSA) is 42.3 Å². The van der Waals surface area contributed by atoms with Gasteiger partial charge in [0.15, 0.2) is 0 Å². The van der Waals surface area contributed by atoms with E-state index < -0.39 is 10.0 Å². The lowest BCUT2D eigenvalue weighted by Gasteiger charge is -2.26. The van der Waals surface area contributed by atoms with Crippen LogP contribution in [0.1, 0.15) is 16.7 Å². The standard InChI is InChI=1S/C35H28N2O2S/c1-24-11-15-26(16-12-24)21-29-23-36(40(38,39)30-18-13-25(2)14-19-30)33-20-17-27-7-3-5-9-31(27)35(33)34-22-28-8-4-6-10-32(28)37(29)34/h3-22H,23H2,1-2H3. The average molecular weight is 541 g/mol. The zero-order valence-electron chi connectivity index (χ0n) is 22.4. The molecule has 0 amide bonds. The second-order valence-corrected chi connectivity index (χ2v) is 12.3. The summed E-state index contributed by atoms with van der Waals surface area (Å²) in [5.41, 5.74) is 7.72. The van der Waals surface area contributed by atoms with Gasteiger partial charge in [0, 0.05) is 16.6 Å². The van der Waals surface area contributed by atoms with Crippen LogP contribution in [-0.4, -0.2) is 19.5 Å². The fourth-order valence-electron chi connectivity index (χ4n) is 5.71. The monoisotopic (exact) mass is 540 g/mol. The molecule has 196 valence electrons. The molecular formula is C35H28N2O2S. The van der Waals surface area contributed by atoms with Crippen molar-refractivity contribution < 1.29 is 8.42 Å². The van der Waals surface area contributed by atoms with Gasteiger partial charge in [0.05, 0.1) is 28.3 Å². The van der Waals surface area contributed by atoms with Crippen LogP contribution in [0.3, 0.4) is 0 Å². The number of sulfonamides is 1. The van der Waals surface area contributed by atoms with Gasteiger partial charge in [0.2, 0.25) is 0 Å². The number of hydrogen-bond donors (Lipinski definition) is 0. The Morgan fingerprint density at radius 2 is 1.35 bits per heavy atom. The fourth-order valence-corrected chi connectivity index (χ4v) is 7.15. The van der Waals surface area contributed by atoms with Crippen molar-refractivity contribution in [2.75, 3.05) is 10.8 Å². The van der Waals surface area contributed by atoms with Crippen LogP contribution in [0.15, 0.2) is 120 Å². The molecule has 5 heteroatoms. The number of nitrogens with zero attached hydrogens (tertiary/aromatic N) is 2. The van der Waals surface area contributed by atoms with Crippen molar-refractivity contribution in [1.82, 2.24) is 4.57 Å². The van der Waals surface area contributed by atoms with Gasteiger partial charge in [-0.25, -0.2) is 8.42 Å². The van der Waals surface area contributed by atoms with E-state index in [1.54, 1.807) is 16.4 Å². The predicted octanol–water partition coefficient (Wildman–Crippen LogP) is 8.29. The SMILES string of the molecule is Cc1ccc(C=C2CN(S(=O)(=O)c3ccc(C)cc3)c3ccc4ccccc4c3-c3cc4ccccc4n32)cc1. The molecule has 0 unspecified atom stereocenters. The van der Waals surface area contributed by atoms with Gasteiger partial charge >= 0.3 is 0 Å². The number of hydrogen-bond acceptors (Lipinski definition) is 2. The molecule has 7 rings (SSSR count). The Labute approximate surface area is 234 Å². The molecule has 2 heterocycles. The van der Waals surface area contributed by atoms with Gasteiger partial charge in [-0.05, 0) is 66.6 Å². The molecule has 6 aromatic rings. The molecule has 1 aliphatic rings. The minimum atomic E-state index is -3.89. The summed E-state index contributed by atoms with van der Waals surface area (Å²) in [7, 11) is -3.89. The number of aromatic nitrogens is 1. The summed E-state index contributed by atoms with van der Waals surface area (Å²) in [6, 6.07) is 38.1. The van der Waals surface area contributed by atoms with Crippen LogP contribution in [0.4, 0.5) is 5.69 Å². The minimum absolute atomic E-state index is 0.182. The normalized spacial score (nSPS) is 14.3. The molecule has 1 aromatic heterocycles. The van der Waals surface area contributed by atoms with Gasteiger partial charge in [0.1, 0.15) is 0 Å². The maximum absolute atomic E-state index is 14.4. The molecule has 5 aromatic carbocycles. The molecular weight excluding hydrogens is 512 g/mol. The van der Waals surface area contributed by atoms with Crippen molar-refractivity contribution >= 4 is 49.2 Å². The van der Waals surface area contributed by atoms with E-state index in [0.29, 0.717) is 5.69 Å². The molecule has 0 radical (unpaired) electrons. The third kappa shape index (κ3) is 3.93. The Bertz CT molecular complexity index is 2050. The molecule has 0 N–H and O–H groups in total. The first-order valence-corrected chi connectivity index (χ1v) is 14.8. The van der Waals surface area contributed by atoms with Gasteiger partial charge in [-0.2, -0.15) is 0 Å². The van der Waals surface area contributed by atoms with Crippen LogP contribution in [0.2, 0.25) is 0 Å². The average Bonchev–Trinajstić information content (AvgIpc) is 3.28. The highest BCUT2D eigenvalue weighted by Crippen LogP contribution is 2.46. The van der Waals surface area contributed by atoms with Crippen molar-refractivity contribution in [3.8, 4) is 11.3 Å². The number of para-hydroxylation sites is 1. The Morgan fingerprint density at radius 3 is 2.10 bits per heavy atom. The molecule has 1 aliphatic heterocycles. The zero-order chi connectivity index (χ0) is 27.4. The third-order valence-corrected chi connectivity index (χ3v) is 9.53. The highest BCUT2D eigenvalue weighted by Gasteiger charge is 2.33. The Balaban J connectivity index is 1.58. The first-order valence-electron chi connectivity index (χ1n) is 13.4. The lowest BCUT2D eigenvalue weighted by Crippen LogP contribution is -2.32. The van der Waals surface area contributed by atoms with Gasteiger partial charge < -0.3 is 4.57 Å². The highest BCUT2D eigenvalue weighted by atomic mass is 32.2. The number of aryl methyl sites for hydroxylation is 2. The van der Waals surface area contributed by atoms with Gasteiger partial charge in [-0.15, -0.1) is 0 Å².